The van der Waals surface area contributed by atoms with Gasteiger partial charge in [-0.15, -0.1) is 0 Å². The van der Waals surface area contributed by atoms with Gasteiger partial charge in [0.1, 0.15) is 6.54 Å². The number of aryl methyl sites for hydroxylation is 1. The van der Waals surface area contributed by atoms with Crippen LogP contribution in [0.2, 0.25) is 0 Å². The number of carbonyl (C=O) groups excluding carboxylic acids is 1. The van der Waals surface area contributed by atoms with Crippen molar-refractivity contribution in [3.05, 3.63) is 70.6 Å². The minimum atomic E-state index is -0.441. The molecule has 0 bridgehead atoms. The number of aromatic nitrogens is 2. The third kappa shape index (κ3) is 4.04. The standard InChI is InChI=1S/C18H17N5O2S/c1-12-6-2-5-9-15(12)20-18(26)22-21-16(24)11-23-17(25)14-8-4-3-7-13(14)10-19-23/h2-10H,11H2,1H3,(H,21,24)(H2,20,22,26). The molecule has 0 aliphatic rings. The fourth-order valence-electron chi connectivity index (χ4n) is 2.41. The molecule has 1 heterocycles. The van der Waals surface area contributed by atoms with Crippen LogP contribution in [-0.2, 0) is 11.3 Å². The van der Waals surface area contributed by atoms with E-state index in [1.807, 2.05) is 37.3 Å². The molecule has 0 atom stereocenters. The summed E-state index contributed by atoms with van der Waals surface area (Å²) in [7, 11) is 0. The Labute approximate surface area is 155 Å². The van der Waals surface area contributed by atoms with E-state index in [1.165, 1.54) is 0 Å². The third-order valence-electron chi connectivity index (χ3n) is 3.76. The molecular formula is C18H17N5O2S. The van der Waals surface area contributed by atoms with Gasteiger partial charge < -0.3 is 5.32 Å². The molecule has 0 saturated carbocycles. The van der Waals surface area contributed by atoms with Gasteiger partial charge in [0.2, 0.25) is 0 Å². The molecule has 7 nitrogen and oxygen atoms in total. The number of nitrogens with one attached hydrogen (secondary N) is 3. The number of benzene rings is 2. The number of hydrazine groups is 1. The molecule has 0 aliphatic heterocycles. The molecule has 3 aromatic rings. The SMILES string of the molecule is Cc1ccccc1NC(=S)NNC(=O)Cn1ncc2ccccc2c1=O. The molecule has 0 saturated heterocycles. The first kappa shape index (κ1) is 17.6. The summed E-state index contributed by atoms with van der Waals surface area (Å²) in [5, 5.41) is 8.49. The summed E-state index contributed by atoms with van der Waals surface area (Å²) in [6.07, 6.45) is 1.56. The number of carbonyl (C=O) groups is 1. The van der Waals surface area contributed by atoms with Crippen LogP contribution in [0.5, 0.6) is 0 Å². The van der Waals surface area contributed by atoms with Crippen LogP contribution < -0.4 is 21.7 Å². The van der Waals surface area contributed by atoms with Crippen molar-refractivity contribution < 1.29 is 4.79 Å². The van der Waals surface area contributed by atoms with E-state index in [9.17, 15) is 9.59 Å². The van der Waals surface area contributed by atoms with Gasteiger partial charge in [-0.3, -0.25) is 20.4 Å². The maximum atomic E-state index is 12.3. The Morgan fingerprint density at radius 3 is 2.65 bits per heavy atom. The number of thiocarbonyl (C=S) groups is 1. The van der Waals surface area contributed by atoms with Crippen LogP contribution in [-0.4, -0.2) is 20.8 Å². The van der Waals surface area contributed by atoms with E-state index in [0.29, 0.717) is 5.39 Å². The zero-order chi connectivity index (χ0) is 18.5. The smallest absolute Gasteiger partial charge is 0.275 e. The lowest BCUT2D eigenvalue weighted by Crippen LogP contribution is -2.46. The minimum Gasteiger partial charge on any atom is -0.331 e. The highest BCUT2D eigenvalue weighted by Gasteiger charge is 2.09. The second-order valence-corrected chi connectivity index (χ2v) is 6.05. The number of nitrogens with zero attached hydrogens (tertiary/aromatic N) is 2. The fourth-order valence-corrected chi connectivity index (χ4v) is 2.57. The van der Waals surface area contributed by atoms with Gasteiger partial charge in [-0.25, -0.2) is 4.68 Å². The van der Waals surface area contributed by atoms with Crippen LogP contribution >= 0.6 is 12.2 Å². The van der Waals surface area contributed by atoms with Gasteiger partial charge >= 0.3 is 0 Å². The predicted octanol–water partition coefficient (Wildman–Crippen LogP) is 1.72. The maximum absolute atomic E-state index is 12.3. The van der Waals surface area contributed by atoms with Crippen molar-refractivity contribution in [1.29, 1.82) is 0 Å². The Morgan fingerprint density at radius 1 is 1.12 bits per heavy atom. The average molecular weight is 367 g/mol. The summed E-state index contributed by atoms with van der Waals surface area (Å²) in [5.41, 5.74) is 6.61. The zero-order valence-electron chi connectivity index (χ0n) is 14.0. The van der Waals surface area contributed by atoms with Gasteiger partial charge in [0.15, 0.2) is 5.11 Å². The number of anilines is 1. The van der Waals surface area contributed by atoms with Gasteiger partial charge in [0.05, 0.1) is 11.6 Å². The highest BCUT2D eigenvalue weighted by Crippen LogP contribution is 2.12. The van der Waals surface area contributed by atoms with Gasteiger partial charge in [0.25, 0.3) is 11.5 Å². The Bertz CT molecular complexity index is 1030. The Balaban J connectivity index is 1.59. The summed E-state index contributed by atoms with van der Waals surface area (Å²) >= 11 is 5.15. The first-order valence-electron chi connectivity index (χ1n) is 7.91. The van der Waals surface area contributed by atoms with Gasteiger partial charge in [0, 0.05) is 11.1 Å². The molecule has 1 aromatic heterocycles. The molecule has 3 rings (SSSR count). The lowest BCUT2D eigenvalue weighted by atomic mass is 10.2. The Hall–Kier alpha value is -3.26. The summed E-state index contributed by atoms with van der Waals surface area (Å²) in [6.45, 7) is 1.73. The van der Waals surface area contributed by atoms with Crippen LogP contribution in [0.1, 0.15) is 5.56 Å². The molecular weight excluding hydrogens is 350 g/mol. The van der Waals surface area contributed by atoms with Crippen LogP contribution in [0.25, 0.3) is 10.8 Å². The monoisotopic (exact) mass is 367 g/mol. The number of fused-ring (bicyclic) bond motifs is 1. The van der Waals surface area contributed by atoms with E-state index in [4.69, 9.17) is 12.2 Å². The molecule has 0 spiro atoms. The predicted molar refractivity (Wildman–Crippen MR) is 105 cm³/mol. The van der Waals surface area contributed by atoms with Gasteiger partial charge in [-0.1, -0.05) is 36.4 Å². The van der Waals surface area contributed by atoms with E-state index in [0.717, 1.165) is 21.3 Å². The number of rotatable bonds is 3. The van der Waals surface area contributed by atoms with Crippen molar-refractivity contribution in [3.63, 3.8) is 0 Å². The molecule has 3 N–H and O–H groups in total. The third-order valence-corrected chi connectivity index (χ3v) is 3.97. The van der Waals surface area contributed by atoms with Gasteiger partial charge in [-0.05, 0) is 36.8 Å². The molecule has 0 radical (unpaired) electrons. The molecule has 0 unspecified atom stereocenters. The largest absolute Gasteiger partial charge is 0.331 e. The van der Waals surface area contributed by atoms with Crippen molar-refractivity contribution in [1.82, 2.24) is 20.6 Å². The number of hydrogen-bond acceptors (Lipinski definition) is 4. The highest BCUT2D eigenvalue weighted by atomic mass is 32.1. The Morgan fingerprint density at radius 2 is 1.85 bits per heavy atom. The maximum Gasteiger partial charge on any atom is 0.275 e. The van der Waals surface area contributed by atoms with Crippen molar-refractivity contribution in [3.8, 4) is 0 Å². The molecule has 8 heteroatoms. The van der Waals surface area contributed by atoms with E-state index in [2.05, 4.69) is 21.3 Å². The normalized spacial score (nSPS) is 10.3. The van der Waals surface area contributed by atoms with Crippen LogP contribution in [0, 0.1) is 6.92 Å². The molecule has 132 valence electrons. The van der Waals surface area contributed by atoms with Crippen molar-refractivity contribution in [2.45, 2.75) is 13.5 Å². The van der Waals surface area contributed by atoms with Crippen LogP contribution in [0.4, 0.5) is 5.69 Å². The lowest BCUT2D eigenvalue weighted by Gasteiger charge is -2.13. The fraction of sp³-hybridized carbons (Fsp3) is 0.111. The lowest BCUT2D eigenvalue weighted by molar-refractivity contribution is -0.122. The molecule has 1 amide bonds. The molecule has 2 aromatic carbocycles. The number of para-hydroxylation sites is 1. The molecule has 0 aliphatic carbocycles. The second kappa shape index (κ2) is 7.75. The first-order chi connectivity index (χ1) is 12.5. The van der Waals surface area contributed by atoms with Crippen LogP contribution in [0.15, 0.2) is 59.5 Å². The summed E-state index contributed by atoms with van der Waals surface area (Å²) in [6, 6.07) is 14.7. The van der Waals surface area contributed by atoms with Crippen molar-refractivity contribution in [2.24, 2.45) is 0 Å². The molecule has 0 fully saturated rings. The number of amides is 1. The number of hydrogen-bond donors (Lipinski definition) is 3. The minimum absolute atomic E-state index is 0.219. The summed E-state index contributed by atoms with van der Waals surface area (Å²) < 4.78 is 1.11. The van der Waals surface area contributed by atoms with Crippen LogP contribution in [0.3, 0.4) is 0 Å². The second-order valence-electron chi connectivity index (χ2n) is 5.64. The van der Waals surface area contributed by atoms with Gasteiger partial charge in [-0.2, -0.15) is 5.10 Å². The highest BCUT2D eigenvalue weighted by molar-refractivity contribution is 7.80. The topological polar surface area (TPSA) is 88.0 Å². The van der Waals surface area contributed by atoms with E-state index in [-0.39, 0.29) is 17.2 Å². The average Bonchev–Trinajstić information content (AvgIpc) is 2.64. The molecule has 26 heavy (non-hydrogen) atoms. The van der Waals surface area contributed by atoms with E-state index in [1.54, 1.807) is 24.4 Å². The zero-order valence-corrected chi connectivity index (χ0v) is 14.8. The summed E-state index contributed by atoms with van der Waals surface area (Å²) in [4.78, 5) is 24.4. The summed E-state index contributed by atoms with van der Waals surface area (Å²) in [5.74, 6) is -0.441. The quantitative estimate of drug-likeness (QED) is 0.483. The van der Waals surface area contributed by atoms with Crippen molar-refractivity contribution in [2.75, 3.05) is 5.32 Å². The Kier molecular flexibility index (Phi) is 5.23. The van der Waals surface area contributed by atoms with E-state index < -0.39 is 5.91 Å². The van der Waals surface area contributed by atoms with Crippen molar-refractivity contribution >= 4 is 39.7 Å². The first-order valence-corrected chi connectivity index (χ1v) is 8.32. The van der Waals surface area contributed by atoms with E-state index >= 15 is 0 Å².